The van der Waals surface area contributed by atoms with Gasteiger partial charge in [-0.15, -0.1) is 0 Å². The SMILES string of the molecule is C=C1Cc2ccccc2CN1C. The van der Waals surface area contributed by atoms with Crippen LogP contribution in [0.3, 0.4) is 0 Å². The van der Waals surface area contributed by atoms with Gasteiger partial charge in [-0.3, -0.25) is 0 Å². The zero-order valence-corrected chi connectivity index (χ0v) is 7.38. The lowest BCUT2D eigenvalue weighted by Crippen LogP contribution is -2.23. The molecule has 0 spiro atoms. The summed E-state index contributed by atoms with van der Waals surface area (Å²) < 4.78 is 0. The minimum absolute atomic E-state index is 1.01. The average Bonchev–Trinajstić information content (AvgIpc) is 2.07. The zero-order valence-electron chi connectivity index (χ0n) is 7.38. The maximum atomic E-state index is 4.02. The van der Waals surface area contributed by atoms with Crippen LogP contribution in [0.15, 0.2) is 36.5 Å². The van der Waals surface area contributed by atoms with Crippen LogP contribution in [0.4, 0.5) is 0 Å². The van der Waals surface area contributed by atoms with Gasteiger partial charge >= 0.3 is 0 Å². The van der Waals surface area contributed by atoms with E-state index < -0.39 is 0 Å². The van der Waals surface area contributed by atoms with E-state index in [1.165, 1.54) is 16.8 Å². The van der Waals surface area contributed by atoms with Crippen LogP contribution in [0.1, 0.15) is 11.1 Å². The molecule has 0 saturated carbocycles. The van der Waals surface area contributed by atoms with Gasteiger partial charge in [-0.2, -0.15) is 0 Å². The number of rotatable bonds is 0. The van der Waals surface area contributed by atoms with E-state index in [1.54, 1.807) is 0 Å². The van der Waals surface area contributed by atoms with Gasteiger partial charge in [0.25, 0.3) is 0 Å². The summed E-state index contributed by atoms with van der Waals surface area (Å²) in [6.45, 7) is 5.03. The van der Waals surface area contributed by atoms with Crippen molar-refractivity contribution in [1.29, 1.82) is 0 Å². The summed E-state index contributed by atoms with van der Waals surface area (Å²) in [6.07, 6.45) is 1.01. The molecule has 1 aliphatic heterocycles. The van der Waals surface area contributed by atoms with E-state index in [0.29, 0.717) is 0 Å². The first kappa shape index (κ1) is 7.41. The predicted molar refractivity (Wildman–Crippen MR) is 50.8 cm³/mol. The van der Waals surface area contributed by atoms with Crippen molar-refractivity contribution in [2.75, 3.05) is 7.05 Å². The molecule has 1 nitrogen and oxygen atoms in total. The molecular formula is C11H13N. The fourth-order valence-electron chi connectivity index (χ4n) is 1.61. The number of fused-ring (bicyclic) bond motifs is 1. The summed E-state index contributed by atoms with van der Waals surface area (Å²) in [7, 11) is 2.10. The third-order valence-corrected chi connectivity index (χ3v) is 2.46. The monoisotopic (exact) mass is 159 g/mol. The zero-order chi connectivity index (χ0) is 8.55. The summed E-state index contributed by atoms with van der Waals surface area (Å²) in [4.78, 5) is 2.21. The van der Waals surface area contributed by atoms with Crippen LogP contribution >= 0.6 is 0 Å². The second-order valence-corrected chi connectivity index (χ2v) is 3.37. The molecule has 2 rings (SSSR count). The first-order valence-corrected chi connectivity index (χ1v) is 4.23. The summed E-state index contributed by atoms with van der Waals surface area (Å²) in [6, 6.07) is 8.57. The standard InChI is InChI=1S/C11H13N/c1-9-7-10-5-3-4-6-11(10)8-12(9)2/h3-6H,1,7-8H2,2H3. The largest absolute Gasteiger partial charge is 0.374 e. The van der Waals surface area contributed by atoms with Gasteiger partial charge in [-0.25, -0.2) is 0 Å². The van der Waals surface area contributed by atoms with Crippen LogP contribution in [-0.2, 0) is 13.0 Å². The lowest BCUT2D eigenvalue weighted by Gasteiger charge is -2.28. The van der Waals surface area contributed by atoms with Crippen LogP contribution in [0, 0.1) is 0 Å². The van der Waals surface area contributed by atoms with Gasteiger partial charge in [0.1, 0.15) is 0 Å². The summed E-state index contributed by atoms with van der Waals surface area (Å²) in [5.41, 5.74) is 4.08. The maximum absolute atomic E-state index is 4.02. The Hall–Kier alpha value is -1.24. The average molecular weight is 159 g/mol. The first-order valence-electron chi connectivity index (χ1n) is 4.23. The Morgan fingerprint density at radius 2 is 1.92 bits per heavy atom. The molecule has 0 amide bonds. The van der Waals surface area contributed by atoms with Gasteiger partial charge in [-0.05, 0) is 11.1 Å². The highest BCUT2D eigenvalue weighted by Crippen LogP contribution is 2.22. The predicted octanol–water partition coefficient (Wildman–Crippen LogP) is 2.19. The second kappa shape index (κ2) is 2.67. The summed E-state index contributed by atoms with van der Waals surface area (Å²) >= 11 is 0. The van der Waals surface area contributed by atoms with Gasteiger partial charge < -0.3 is 4.90 Å². The third kappa shape index (κ3) is 1.11. The molecule has 0 fully saturated rings. The van der Waals surface area contributed by atoms with Gasteiger partial charge in [0.05, 0.1) is 0 Å². The number of nitrogens with zero attached hydrogens (tertiary/aromatic N) is 1. The van der Waals surface area contributed by atoms with E-state index in [-0.39, 0.29) is 0 Å². The molecule has 0 radical (unpaired) electrons. The van der Waals surface area contributed by atoms with Crippen molar-refractivity contribution in [1.82, 2.24) is 4.90 Å². The van der Waals surface area contributed by atoms with E-state index in [0.717, 1.165) is 13.0 Å². The fraction of sp³-hybridized carbons (Fsp3) is 0.273. The number of likely N-dealkylation sites (N-methyl/N-ethyl adjacent to an activating group) is 1. The highest BCUT2D eigenvalue weighted by molar-refractivity contribution is 5.33. The quantitative estimate of drug-likeness (QED) is 0.561. The topological polar surface area (TPSA) is 3.24 Å². The molecule has 1 heteroatoms. The Bertz CT molecular complexity index is 315. The lowest BCUT2D eigenvalue weighted by atomic mass is 9.98. The van der Waals surface area contributed by atoms with Gasteiger partial charge in [0, 0.05) is 25.7 Å². The molecule has 1 aliphatic rings. The van der Waals surface area contributed by atoms with Crippen LogP contribution in [0.5, 0.6) is 0 Å². The Labute approximate surface area is 73.3 Å². The minimum atomic E-state index is 1.01. The van der Waals surface area contributed by atoms with Crippen molar-refractivity contribution in [3.05, 3.63) is 47.7 Å². The maximum Gasteiger partial charge on any atom is 0.0426 e. The van der Waals surface area contributed by atoms with Gasteiger partial charge in [0.15, 0.2) is 0 Å². The van der Waals surface area contributed by atoms with Gasteiger partial charge in [-0.1, -0.05) is 30.8 Å². The molecule has 12 heavy (non-hydrogen) atoms. The van der Waals surface area contributed by atoms with E-state index >= 15 is 0 Å². The summed E-state index contributed by atoms with van der Waals surface area (Å²) in [5.74, 6) is 0. The second-order valence-electron chi connectivity index (χ2n) is 3.37. The van der Waals surface area contributed by atoms with Crippen LogP contribution in [0.2, 0.25) is 0 Å². The van der Waals surface area contributed by atoms with Crippen LogP contribution in [0.25, 0.3) is 0 Å². The van der Waals surface area contributed by atoms with Crippen molar-refractivity contribution >= 4 is 0 Å². The molecular weight excluding hydrogens is 146 g/mol. The number of hydrogen-bond donors (Lipinski definition) is 0. The van der Waals surface area contributed by atoms with E-state index in [4.69, 9.17) is 0 Å². The van der Waals surface area contributed by atoms with Crippen molar-refractivity contribution in [2.24, 2.45) is 0 Å². The molecule has 0 N–H and O–H groups in total. The summed E-state index contributed by atoms with van der Waals surface area (Å²) in [5, 5.41) is 0. The van der Waals surface area contributed by atoms with Crippen molar-refractivity contribution in [3.8, 4) is 0 Å². The van der Waals surface area contributed by atoms with Crippen LogP contribution in [-0.4, -0.2) is 11.9 Å². The lowest BCUT2D eigenvalue weighted by molar-refractivity contribution is 0.386. The number of allylic oxidation sites excluding steroid dienone is 1. The molecule has 0 atom stereocenters. The molecule has 0 unspecified atom stereocenters. The van der Waals surface area contributed by atoms with Crippen molar-refractivity contribution in [2.45, 2.75) is 13.0 Å². The normalized spacial score (nSPS) is 16.1. The van der Waals surface area contributed by atoms with E-state index in [1.807, 2.05) is 0 Å². The van der Waals surface area contributed by atoms with E-state index in [2.05, 4.69) is 42.8 Å². The Balaban J connectivity index is 2.40. The van der Waals surface area contributed by atoms with E-state index in [9.17, 15) is 0 Å². The third-order valence-electron chi connectivity index (χ3n) is 2.46. The first-order chi connectivity index (χ1) is 5.77. The minimum Gasteiger partial charge on any atom is -0.374 e. The Kier molecular flexibility index (Phi) is 1.65. The highest BCUT2D eigenvalue weighted by atomic mass is 15.1. The van der Waals surface area contributed by atoms with Crippen LogP contribution < -0.4 is 0 Å². The Morgan fingerprint density at radius 1 is 1.25 bits per heavy atom. The molecule has 1 heterocycles. The molecule has 1 aromatic carbocycles. The number of hydrogen-bond acceptors (Lipinski definition) is 1. The molecule has 0 aromatic heterocycles. The smallest absolute Gasteiger partial charge is 0.0426 e. The molecule has 0 bridgehead atoms. The van der Waals surface area contributed by atoms with Gasteiger partial charge in [0.2, 0.25) is 0 Å². The number of benzene rings is 1. The molecule has 0 aliphatic carbocycles. The molecule has 62 valence electrons. The Morgan fingerprint density at radius 3 is 2.67 bits per heavy atom. The highest BCUT2D eigenvalue weighted by Gasteiger charge is 2.13. The fourth-order valence-corrected chi connectivity index (χ4v) is 1.61. The molecule has 1 aromatic rings. The molecule has 0 saturated heterocycles. The van der Waals surface area contributed by atoms with Crippen molar-refractivity contribution < 1.29 is 0 Å². The van der Waals surface area contributed by atoms with Crippen molar-refractivity contribution in [3.63, 3.8) is 0 Å².